The number of esters is 1. The Balaban J connectivity index is 3.05. The van der Waals surface area contributed by atoms with E-state index in [1.807, 2.05) is 0 Å². The van der Waals surface area contributed by atoms with Gasteiger partial charge in [0.1, 0.15) is 0 Å². The summed E-state index contributed by atoms with van der Waals surface area (Å²) in [5, 5.41) is 4.06. The van der Waals surface area contributed by atoms with Crippen LogP contribution in [0.4, 0.5) is 0 Å². The molecule has 0 heterocycles. The van der Waals surface area contributed by atoms with Crippen LogP contribution in [0.5, 0.6) is 11.5 Å². The van der Waals surface area contributed by atoms with Gasteiger partial charge in [0.2, 0.25) is 0 Å². The Morgan fingerprint density at radius 3 is 2.79 bits per heavy atom. The molecule has 1 rings (SSSR count). The fourth-order valence-electron chi connectivity index (χ4n) is 1.23. The second-order valence-electron chi connectivity index (χ2n) is 3.36. The summed E-state index contributed by atoms with van der Waals surface area (Å²) in [7, 11) is 1.44. The summed E-state index contributed by atoms with van der Waals surface area (Å²) in [4.78, 5) is 11.0. The van der Waals surface area contributed by atoms with Gasteiger partial charge in [0, 0.05) is 6.92 Å². The van der Waals surface area contributed by atoms with E-state index in [9.17, 15) is 4.79 Å². The summed E-state index contributed by atoms with van der Waals surface area (Å²) < 4.78 is 10.1. The third kappa shape index (κ3) is 4.72. The quantitative estimate of drug-likeness (QED) is 0.288. The number of carbonyl (C=O) groups is 1. The maximum Gasteiger partial charge on any atom is 0.308 e. The SMILES string of the molecule is COc1cc(C=NNC(N)=S)cc(Cl)c1OC(C)=O. The Bertz CT molecular complexity index is 534. The first-order chi connectivity index (χ1) is 8.93. The second-order valence-corrected chi connectivity index (χ2v) is 4.21. The lowest BCUT2D eigenvalue weighted by Gasteiger charge is -2.10. The van der Waals surface area contributed by atoms with Crippen LogP contribution in [-0.4, -0.2) is 24.4 Å². The predicted octanol–water partition coefficient (Wildman–Crippen LogP) is 1.44. The summed E-state index contributed by atoms with van der Waals surface area (Å²) in [6.07, 6.45) is 1.45. The number of hydrogen-bond acceptors (Lipinski definition) is 5. The maximum absolute atomic E-state index is 11.0. The van der Waals surface area contributed by atoms with Gasteiger partial charge in [0.05, 0.1) is 18.3 Å². The van der Waals surface area contributed by atoms with Crippen LogP contribution in [0, 0.1) is 0 Å². The highest BCUT2D eigenvalue weighted by Gasteiger charge is 2.13. The predicted molar refractivity (Wildman–Crippen MR) is 76.8 cm³/mol. The number of methoxy groups -OCH3 is 1. The number of nitrogens with one attached hydrogen (secondary N) is 1. The first kappa shape index (κ1) is 15.2. The van der Waals surface area contributed by atoms with E-state index >= 15 is 0 Å². The minimum Gasteiger partial charge on any atom is -0.493 e. The normalized spacial score (nSPS) is 10.3. The molecule has 0 amide bonds. The molecule has 0 atom stereocenters. The average Bonchev–Trinajstić information content (AvgIpc) is 2.31. The Labute approximate surface area is 120 Å². The standard InChI is InChI=1S/C11H12ClN3O3S/c1-6(16)18-10-8(12)3-7(4-9(10)17-2)5-14-15-11(13)19/h3-5H,1-2H3,(H3,13,15,19). The van der Waals surface area contributed by atoms with E-state index in [2.05, 4.69) is 22.7 Å². The van der Waals surface area contributed by atoms with Crippen LogP contribution in [0.3, 0.4) is 0 Å². The lowest BCUT2D eigenvalue weighted by Crippen LogP contribution is -2.23. The number of hydrogen-bond donors (Lipinski definition) is 2. The summed E-state index contributed by atoms with van der Waals surface area (Å²) >= 11 is 10.6. The molecule has 19 heavy (non-hydrogen) atoms. The summed E-state index contributed by atoms with van der Waals surface area (Å²) in [5.41, 5.74) is 8.25. The van der Waals surface area contributed by atoms with Crippen molar-refractivity contribution in [2.75, 3.05) is 7.11 Å². The van der Waals surface area contributed by atoms with E-state index < -0.39 is 5.97 Å². The molecule has 102 valence electrons. The molecular weight excluding hydrogens is 290 g/mol. The smallest absolute Gasteiger partial charge is 0.308 e. The van der Waals surface area contributed by atoms with E-state index in [0.29, 0.717) is 11.3 Å². The maximum atomic E-state index is 11.0. The van der Waals surface area contributed by atoms with Gasteiger partial charge in [-0.15, -0.1) is 0 Å². The van der Waals surface area contributed by atoms with Crippen molar-refractivity contribution in [3.05, 3.63) is 22.7 Å². The molecule has 1 aromatic rings. The number of benzene rings is 1. The van der Waals surface area contributed by atoms with E-state index in [-0.39, 0.29) is 15.9 Å². The summed E-state index contributed by atoms with van der Waals surface area (Å²) in [6, 6.07) is 3.17. The number of nitrogens with two attached hydrogens (primary N) is 1. The molecule has 0 unspecified atom stereocenters. The van der Waals surface area contributed by atoms with Crippen LogP contribution in [0.2, 0.25) is 5.02 Å². The number of thiocarbonyl (C=S) groups is 1. The summed E-state index contributed by atoms with van der Waals surface area (Å²) in [5.74, 6) is -0.00707. The third-order valence-electron chi connectivity index (χ3n) is 1.89. The minimum atomic E-state index is -0.489. The number of hydrazone groups is 1. The zero-order valence-electron chi connectivity index (χ0n) is 10.3. The Morgan fingerprint density at radius 1 is 1.58 bits per heavy atom. The Kier molecular flexibility index (Phi) is 5.53. The minimum absolute atomic E-state index is 0.0471. The second kappa shape index (κ2) is 6.91. The van der Waals surface area contributed by atoms with Gasteiger partial charge in [0.15, 0.2) is 16.6 Å². The zero-order valence-corrected chi connectivity index (χ0v) is 11.8. The average molecular weight is 302 g/mol. The van der Waals surface area contributed by atoms with Crippen molar-refractivity contribution < 1.29 is 14.3 Å². The van der Waals surface area contributed by atoms with E-state index in [1.165, 1.54) is 20.2 Å². The number of rotatable bonds is 4. The van der Waals surface area contributed by atoms with Gasteiger partial charge in [-0.1, -0.05) is 11.6 Å². The van der Waals surface area contributed by atoms with Crippen LogP contribution < -0.4 is 20.6 Å². The van der Waals surface area contributed by atoms with Crippen molar-refractivity contribution in [1.29, 1.82) is 0 Å². The highest BCUT2D eigenvalue weighted by atomic mass is 35.5. The molecule has 0 spiro atoms. The first-order valence-corrected chi connectivity index (χ1v) is 5.87. The Hall–Kier alpha value is -1.86. The molecule has 1 aromatic carbocycles. The van der Waals surface area contributed by atoms with E-state index in [1.54, 1.807) is 12.1 Å². The number of carbonyl (C=O) groups excluding carboxylic acids is 1. The molecule has 0 aliphatic carbocycles. The lowest BCUT2D eigenvalue weighted by molar-refractivity contribution is -0.132. The van der Waals surface area contributed by atoms with Gasteiger partial charge in [0.25, 0.3) is 0 Å². The van der Waals surface area contributed by atoms with Crippen molar-refractivity contribution in [3.8, 4) is 11.5 Å². The van der Waals surface area contributed by atoms with Crippen LogP contribution in [0.1, 0.15) is 12.5 Å². The summed E-state index contributed by atoms with van der Waals surface area (Å²) in [6.45, 7) is 1.28. The lowest BCUT2D eigenvalue weighted by atomic mass is 10.2. The number of ether oxygens (including phenoxy) is 2. The van der Waals surface area contributed by atoms with Crippen LogP contribution in [0.15, 0.2) is 17.2 Å². The molecule has 0 bridgehead atoms. The van der Waals surface area contributed by atoms with Crippen molar-refractivity contribution in [1.82, 2.24) is 5.43 Å². The van der Waals surface area contributed by atoms with Gasteiger partial charge in [-0.05, 0) is 29.9 Å². The zero-order chi connectivity index (χ0) is 14.4. The molecule has 3 N–H and O–H groups in total. The van der Waals surface area contributed by atoms with Gasteiger partial charge >= 0.3 is 5.97 Å². The van der Waals surface area contributed by atoms with Crippen molar-refractivity contribution >= 4 is 41.1 Å². The number of nitrogens with zero attached hydrogens (tertiary/aromatic N) is 1. The monoisotopic (exact) mass is 301 g/mol. The molecule has 6 nitrogen and oxygen atoms in total. The Morgan fingerprint density at radius 2 is 2.26 bits per heavy atom. The first-order valence-electron chi connectivity index (χ1n) is 5.08. The third-order valence-corrected chi connectivity index (χ3v) is 2.26. The highest BCUT2D eigenvalue weighted by molar-refractivity contribution is 7.80. The molecular formula is C11H12ClN3O3S. The molecule has 0 aliphatic rings. The molecule has 8 heteroatoms. The molecule has 0 fully saturated rings. The van der Waals surface area contributed by atoms with Crippen LogP contribution >= 0.6 is 23.8 Å². The topological polar surface area (TPSA) is 85.9 Å². The largest absolute Gasteiger partial charge is 0.493 e. The van der Waals surface area contributed by atoms with Crippen molar-refractivity contribution in [2.24, 2.45) is 10.8 Å². The van der Waals surface area contributed by atoms with E-state index in [0.717, 1.165) is 0 Å². The fourth-order valence-corrected chi connectivity index (χ4v) is 1.54. The molecule has 0 saturated heterocycles. The van der Waals surface area contributed by atoms with E-state index in [4.69, 9.17) is 26.8 Å². The molecule has 0 saturated carbocycles. The molecule has 0 radical (unpaired) electrons. The fraction of sp³-hybridized carbons (Fsp3) is 0.182. The highest BCUT2D eigenvalue weighted by Crippen LogP contribution is 2.36. The van der Waals surface area contributed by atoms with Gasteiger partial charge < -0.3 is 15.2 Å². The number of halogens is 1. The molecule has 0 aliphatic heterocycles. The van der Waals surface area contributed by atoms with Crippen LogP contribution in [-0.2, 0) is 4.79 Å². The van der Waals surface area contributed by atoms with Gasteiger partial charge in [-0.2, -0.15) is 5.10 Å². The molecule has 0 aromatic heterocycles. The van der Waals surface area contributed by atoms with Gasteiger partial charge in [-0.25, -0.2) is 0 Å². The van der Waals surface area contributed by atoms with Crippen molar-refractivity contribution in [3.63, 3.8) is 0 Å². The van der Waals surface area contributed by atoms with Crippen LogP contribution in [0.25, 0.3) is 0 Å². The van der Waals surface area contributed by atoms with Gasteiger partial charge in [-0.3, -0.25) is 10.2 Å². The van der Waals surface area contributed by atoms with Crippen molar-refractivity contribution in [2.45, 2.75) is 6.92 Å².